The lowest BCUT2D eigenvalue weighted by Gasteiger charge is -2.33. The summed E-state index contributed by atoms with van der Waals surface area (Å²) < 4.78 is 27.3. The molecule has 3 rings (SSSR count). The topological polar surface area (TPSA) is 73.0 Å². The van der Waals surface area contributed by atoms with Gasteiger partial charge >= 0.3 is 0 Å². The molecule has 0 spiro atoms. The van der Waals surface area contributed by atoms with Crippen LogP contribution in [0.5, 0.6) is 0 Å². The van der Waals surface area contributed by atoms with Crippen LogP contribution in [0.1, 0.15) is 11.3 Å². The lowest BCUT2D eigenvalue weighted by Crippen LogP contribution is -2.51. The number of carbonyl (C=O) groups is 1. The Kier molecular flexibility index (Phi) is 7.87. The largest absolute Gasteiger partial charge is 0.375 e. The number of rotatable bonds is 9. The van der Waals surface area contributed by atoms with Gasteiger partial charge in [-0.05, 0) is 37.6 Å². The molecule has 0 saturated carbocycles. The fraction of sp³-hybridized carbons (Fsp3) is 0.476. The highest BCUT2D eigenvalue weighted by atomic mass is 32.2. The van der Waals surface area contributed by atoms with Gasteiger partial charge in [-0.15, -0.1) is 11.3 Å². The van der Waals surface area contributed by atoms with Crippen LogP contribution in [0.4, 0.5) is 5.69 Å². The van der Waals surface area contributed by atoms with Crippen molar-refractivity contribution in [3.8, 4) is 0 Å². The summed E-state index contributed by atoms with van der Waals surface area (Å²) in [5, 5.41) is 2.97. The molecule has 1 aromatic heterocycles. The Balaban J connectivity index is 1.35. The SMILES string of the molecule is Cc1ccc(S(=O)(=O)N2CCN(CC(=O)NCCCN(C)c3ccccc3)CC2)s1. The van der Waals surface area contributed by atoms with E-state index in [0.717, 1.165) is 23.5 Å². The number of sulfonamides is 1. The highest BCUT2D eigenvalue weighted by Gasteiger charge is 2.29. The zero-order chi connectivity index (χ0) is 21.6. The van der Waals surface area contributed by atoms with Crippen LogP contribution in [0.3, 0.4) is 0 Å². The molecule has 0 bridgehead atoms. The van der Waals surface area contributed by atoms with E-state index in [0.29, 0.717) is 43.5 Å². The van der Waals surface area contributed by atoms with Crippen LogP contribution >= 0.6 is 11.3 Å². The maximum absolute atomic E-state index is 12.7. The van der Waals surface area contributed by atoms with Gasteiger partial charge in [0, 0.05) is 56.9 Å². The molecule has 2 aromatic rings. The molecule has 1 aliphatic heterocycles. The maximum Gasteiger partial charge on any atom is 0.252 e. The molecule has 1 fully saturated rings. The second kappa shape index (κ2) is 10.4. The van der Waals surface area contributed by atoms with E-state index in [2.05, 4.69) is 22.3 Å². The van der Waals surface area contributed by atoms with Crippen molar-refractivity contribution >= 4 is 33.0 Å². The molecule has 1 saturated heterocycles. The van der Waals surface area contributed by atoms with Crippen molar-refractivity contribution < 1.29 is 13.2 Å². The van der Waals surface area contributed by atoms with Gasteiger partial charge in [0.25, 0.3) is 10.0 Å². The van der Waals surface area contributed by atoms with Crippen molar-refractivity contribution in [2.45, 2.75) is 17.6 Å². The first-order valence-corrected chi connectivity index (χ1v) is 12.4. The van der Waals surface area contributed by atoms with E-state index >= 15 is 0 Å². The van der Waals surface area contributed by atoms with Crippen molar-refractivity contribution in [2.75, 3.05) is 57.8 Å². The van der Waals surface area contributed by atoms with Crippen LogP contribution in [-0.2, 0) is 14.8 Å². The Bertz CT molecular complexity index is 923. The van der Waals surface area contributed by atoms with Crippen molar-refractivity contribution in [2.24, 2.45) is 0 Å². The minimum atomic E-state index is -3.42. The third-order valence-corrected chi connectivity index (χ3v) is 8.56. The minimum Gasteiger partial charge on any atom is -0.375 e. The molecule has 0 radical (unpaired) electrons. The fourth-order valence-electron chi connectivity index (χ4n) is 3.42. The Morgan fingerprint density at radius 2 is 1.80 bits per heavy atom. The molecule has 1 N–H and O–H groups in total. The number of amides is 1. The van der Waals surface area contributed by atoms with E-state index in [1.165, 1.54) is 15.6 Å². The lowest BCUT2D eigenvalue weighted by molar-refractivity contribution is -0.122. The first kappa shape index (κ1) is 22.7. The molecular weight excluding hydrogens is 420 g/mol. The average molecular weight is 451 g/mol. The summed E-state index contributed by atoms with van der Waals surface area (Å²) in [6.07, 6.45) is 0.864. The van der Waals surface area contributed by atoms with Crippen molar-refractivity contribution in [1.29, 1.82) is 0 Å². The van der Waals surface area contributed by atoms with Crippen LogP contribution in [0.25, 0.3) is 0 Å². The highest BCUT2D eigenvalue weighted by Crippen LogP contribution is 2.25. The Morgan fingerprint density at radius 1 is 1.10 bits per heavy atom. The average Bonchev–Trinajstić information content (AvgIpc) is 3.19. The number of hydrogen-bond acceptors (Lipinski definition) is 6. The van der Waals surface area contributed by atoms with Gasteiger partial charge in [-0.25, -0.2) is 8.42 Å². The molecule has 7 nitrogen and oxygen atoms in total. The number of para-hydroxylation sites is 1. The molecule has 1 aromatic carbocycles. The summed E-state index contributed by atoms with van der Waals surface area (Å²) in [5.74, 6) is -0.0115. The Morgan fingerprint density at radius 3 is 2.43 bits per heavy atom. The van der Waals surface area contributed by atoms with E-state index < -0.39 is 10.0 Å². The van der Waals surface area contributed by atoms with Crippen molar-refractivity contribution in [3.63, 3.8) is 0 Å². The first-order valence-electron chi connectivity index (χ1n) is 10.2. The molecule has 0 unspecified atom stereocenters. The Labute approximate surface area is 183 Å². The predicted octanol–water partition coefficient (Wildman–Crippen LogP) is 2.01. The van der Waals surface area contributed by atoms with Crippen molar-refractivity contribution in [1.82, 2.24) is 14.5 Å². The van der Waals surface area contributed by atoms with Gasteiger partial charge in [-0.1, -0.05) is 18.2 Å². The number of aryl methyl sites for hydroxylation is 1. The molecule has 164 valence electrons. The summed E-state index contributed by atoms with van der Waals surface area (Å²) in [4.78, 5) is 17.4. The number of hydrogen-bond donors (Lipinski definition) is 1. The van der Waals surface area contributed by atoms with Gasteiger partial charge in [0.1, 0.15) is 4.21 Å². The summed E-state index contributed by atoms with van der Waals surface area (Å²) in [5.41, 5.74) is 1.16. The van der Waals surface area contributed by atoms with Gasteiger partial charge in [-0.3, -0.25) is 9.69 Å². The van der Waals surface area contributed by atoms with Gasteiger partial charge < -0.3 is 10.2 Å². The zero-order valence-electron chi connectivity index (χ0n) is 17.6. The van der Waals surface area contributed by atoms with Crippen molar-refractivity contribution in [3.05, 3.63) is 47.3 Å². The molecule has 9 heteroatoms. The van der Waals surface area contributed by atoms with Crippen LogP contribution in [0.15, 0.2) is 46.7 Å². The quantitative estimate of drug-likeness (QED) is 0.592. The van der Waals surface area contributed by atoms with Crippen LogP contribution in [0, 0.1) is 6.92 Å². The second-order valence-corrected chi connectivity index (χ2v) is 11.0. The summed E-state index contributed by atoms with van der Waals surface area (Å²) in [6.45, 7) is 5.65. The first-order chi connectivity index (χ1) is 14.4. The van der Waals surface area contributed by atoms with Gasteiger partial charge in [0.15, 0.2) is 0 Å². The molecule has 30 heavy (non-hydrogen) atoms. The van der Waals surface area contributed by atoms with E-state index in [4.69, 9.17) is 0 Å². The number of carbonyl (C=O) groups excluding carboxylic acids is 1. The molecule has 0 aliphatic carbocycles. The zero-order valence-corrected chi connectivity index (χ0v) is 19.2. The Hall–Kier alpha value is -1.94. The highest BCUT2D eigenvalue weighted by molar-refractivity contribution is 7.91. The van der Waals surface area contributed by atoms with E-state index in [9.17, 15) is 13.2 Å². The summed E-state index contributed by atoms with van der Waals surface area (Å²) in [7, 11) is -1.38. The number of nitrogens with one attached hydrogen (secondary N) is 1. The number of piperazine rings is 1. The van der Waals surface area contributed by atoms with E-state index in [-0.39, 0.29) is 5.91 Å². The van der Waals surface area contributed by atoms with Crippen LogP contribution < -0.4 is 10.2 Å². The van der Waals surface area contributed by atoms with E-state index in [1.807, 2.05) is 43.1 Å². The lowest BCUT2D eigenvalue weighted by atomic mass is 10.3. The summed E-state index contributed by atoms with van der Waals surface area (Å²) in [6, 6.07) is 13.7. The normalized spacial score (nSPS) is 15.8. The molecule has 2 heterocycles. The number of anilines is 1. The molecule has 0 atom stereocenters. The monoisotopic (exact) mass is 450 g/mol. The van der Waals surface area contributed by atoms with Crippen LogP contribution in [0.2, 0.25) is 0 Å². The van der Waals surface area contributed by atoms with Crippen LogP contribution in [-0.4, -0.2) is 76.4 Å². The number of thiophene rings is 1. The third kappa shape index (κ3) is 6.04. The van der Waals surface area contributed by atoms with Gasteiger partial charge in [0.05, 0.1) is 6.54 Å². The maximum atomic E-state index is 12.7. The summed E-state index contributed by atoms with van der Waals surface area (Å²) >= 11 is 1.30. The molecular formula is C21H30N4O3S2. The molecule has 1 amide bonds. The standard InChI is InChI=1S/C21H30N4O3S2/c1-18-9-10-21(29-18)30(27,28)25-15-13-24(14-16-25)17-20(26)22-11-6-12-23(2)19-7-4-3-5-8-19/h3-5,7-10H,6,11-17H2,1-2H3,(H,22,26). The number of nitrogens with zero attached hydrogens (tertiary/aromatic N) is 3. The molecule has 1 aliphatic rings. The second-order valence-electron chi connectivity index (χ2n) is 7.51. The smallest absolute Gasteiger partial charge is 0.252 e. The van der Waals surface area contributed by atoms with Gasteiger partial charge in [0.2, 0.25) is 5.91 Å². The predicted molar refractivity (Wildman–Crippen MR) is 122 cm³/mol. The third-order valence-electron chi connectivity index (χ3n) is 5.20. The number of benzene rings is 1. The van der Waals surface area contributed by atoms with Gasteiger partial charge in [-0.2, -0.15) is 4.31 Å². The minimum absolute atomic E-state index is 0.0115. The van der Waals surface area contributed by atoms with E-state index in [1.54, 1.807) is 6.07 Å². The fourth-order valence-corrected chi connectivity index (χ4v) is 6.28.